The van der Waals surface area contributed by atoms with Gasteiger partial charge in [0.15, 0.2) is 0 Å². The normalized spacial score (nSPS) is 13.3. The van der Waals surface area contributed by atoms with Crippen molar-refractivity contribution in [3.63, 3.8) is 0 Å². The van der Waals surface area contributed by atoms with Gasteiger partial charge in [0, 0.05) is 36.8 Å². The van der Waals surface area contributed by atoms with Gasteiger partial charge in [-0.25, -0.2) is 4.68 Å². The highest BCUT2D eigenvalue weighted by Gasteiger charge is 2.26. The van der Waals surface area contributed by atoms with Gasteiger partial charge in [-0.1, -0.05) is 42.5 Å². The standard InChI is InChI=1S/C26H30N4O3/c1-19(2)33-16-6-14-27-26(32)22-11-9-20(10-12-22)18-29-24-17-23(21-7-4-3-5-8-21)28-30(24)15-13-25(29)31/h3-5,7-12,17,19H,6,13-16,18H2,1-2H3,(H,27,32). The molecule has 0 saturated carbocycles. The average Bonchev–Trinajstić information content (AvgIpc) is 3.26. The number of nitrogens with zero attached hydrogens (tertiary/aromatic N) is 3. The van der Waals surface area contributed by atoms with Gasteiger partial charge in [0.1, 0.15) is 5.82 Å². The second kappa shape index (κ2) is 10.4. The maximum absolute atomic E-state index is 12.7. The summed E-state index contributed by atoms with van der Waals surface area (Å²) in [5.74, 6) is 0.772. The smallest absolute Gasteiger partial charge is 0.251 e. The van der Waals surface area contributed by atoms with Crippen molar-refractivity contribution in [1.29, 1.82) is 0 Å². The van der Waals surface area contributed by atoms with Crippen molar-refractivity contribution >= 4 is 17.6 Å². The first-order valence-corrected chi connectivity index (χ1v) is 11.4. The van der Waals surface area contributed by atoms with E-state index in [-0.39, 0.29) is 17.9 Å². The van der Waals surface area contributed by atoms with Crippen LogP contribution in [-0.4, -0.2) is 40.9 Å². The van der Waals surface area contributed by atoms with Gasteiger partial charge in [-0.2, -0.15) is 5.10 Å². The molecular weight excluding hydrogens is 416 g/mol. The Morgan fingerprint density at radius 2 is 1.88 bits per heavy atom. The van der Waals surface area contributed by atoms with Crippen LogP contribution in [0.1, 0.15) is 42.6 Å². The van der Waals surface area contributed by atoms with Crippen LogP contribution in [-0.2, 0) is 22.6 Å². The molecule has 0 atom stereocenters. The van der Waals surface area contributed by atoms with Crippen LogP contribution in [0.4, 0.5) is 5.82 Å². The van der Waals surface area contributed by atoms with Gasteiger partial charge in [-0.3, -0.25) is 14.5 Å². The minimum atomic E-state index is -0.106. The molecule has 0 unspecified atom stereocenters. The molecule has 0 aliphatic carbocycles. The molecule has 1 aliphatic heterocycles. The molecule has 2 aromatic carbocycles. The highest BCUT2D eigenvalue weighted by Crippen LogP contribution is 2.29. The molecule has 0 bridgehead atoms. The molecule has 1 N–H and O–H groups in total. The predicted octanol–water partition coefficient (Wildman–Crippen LogP) is 4.03. The highest BCUT2D eigenvalue weighted by atomic mass is 16.5. The van der Waals surface area contributed by atoms with Crippen LogP contribution in [0.3, 0.4) is 0 Å². The maximum atomic E-state index is 12.7. The Bertz CT molecular complexity index is 1090. The number of hydrogen-bond acceptors (Lipinski definition) is 4. The molecule has 0 fully saturated rings. The summed E-state index contributed by atoms with van der Waals surface area (Å²) < 4.78 is 7.39. The summed E-state index contributed by atoms with van der Waals surface area (Å²) in [6.07, 6.45) is 1.39. The third kappa shape index (κ3) is 5.68. The lowest BCUT2D eigenvalue weighted by Crippen LogP contribution is -2.36. The zero-order chi connectivity index (χ0) is 23.2. The number of amides is 2. The molecule has 4 rings (SSSR count). The van der Waals surface area contributed by atoms with Crippen molar-refractivity contribution in [1.82, 2.24) is 15.1 Å². The number of fused-ring (bicyclic) bond motifs is 1. The maximum Gasteiger partial charge on any atom is 0.251 e. The van der Waals surface area contributed by atoms with E-state index in [2.05, 4.69) is 5.32 Å². The van der Waals surface area contributed by atoms with E-state index < -0.39 is 0 Å². The summed E-state index contributed by atoms with van der Waals surface area (Å²) in [6.45, 7) is 6.21. The quantitative estimate of drug-likeness (QED) is 0.504. The Balaban J connectivity index is 1.40. The Morgan fingerprint density at radius 1 is 1.12 bits per heavy atom. The Labute approximate surface area is 194 Å². The molecule has 0 saturated heterocycles. The summed E-state index contributed by atoms with van der Waals surface area (Å²) in [5.41, 5.74) is 3.44. The zero-order valence-electron chi connectivity index (χ0n) is 19.2. The number of nitrogens with one attached hydrogen (secondary N) is 1. The van der Waals surface area contributed by atoms with Crippen molar-refractivity contribution in [3.8, 4) is 11.3 Å². The van der Waals surface area contributed by atoms with E-state index in [0.717, 1.165) is 29.1 Å². The Kier molecular flexibility index (Phi) is 7.19. The minimum Gasteiger partial charge on any atom is -0.379 e. The number of aromatic nitrogens is 2. The fourth-order valence-corrected chi connectivity index (χ4v) is 3.81. The third-order valence-electron chi connectivity index (χ3n) is 5.56. The molecule has 0 spiro atoms. The SMILES string of the molecule is CC(C)OCCCNC(=O)c1ccc(CN2C(=O)CCn3nc(-c4ccccc4)cc32)cc1. The minimum absolute atomic E-state index is 0.0763. The van der Waals surface area contributed by atoms with Crippen LogP contribution in [0.2, 0.25) is 0 Å². The van der Waals surface area contributed by atoms with Gasteiger partial charge in [0.2, 0.25) is 5.91 Å². The molecule has 1 aliphatic rings. The van der Waals surface area contributed by atoms with E-state index in [0.29, 0.717) is 38.2 Å². The van der Waals surface area contributed by atoms with Crippen LogP contribution in [0.5, 0.6) is 0 Å². The lowest BCUT2D eigenvalue weighted by atomic mass is 10.1. The number of carbonyl (C=O) groups excluding carboxylic acids is 2. The summed E-state index contributed by atoms with van der Waals surface area (Å²) in [6, 6.07) is 19.3. The molecular formula is C26H30N4O3. The largest absolute Gasteiger partial charge is 0.379 e. The summed E-state index contributed by atoms with van der Waals surface area (Å²) in [7, 11) is 0. The number of carbonyl (C=O) groups is 2. The number of anilines is 1. The first-order valence-electron chi connectivity index (χ1n) is 11.4. The monoisotopic (exact) mass is 446 g/mol. The highest BCUT2D eigenvalue weighted by molar-refractivity contribution is 5.95. The first kappa shape index (κ1) is 22.7. The molecule has 1 aromatic heterocycles. The topological polar surface area (TPSA) is 76.5 Å². The molecule has 3 aromatic rings. The van der Waals surface area contributed by atoms with E-state index in [1.807, 2.05) is 67.1 Å². The van der Waals surface area contributed by atoms with Crippen LogP contribution < -0.4 is 10.2 Å². The van der Waals surface area contributed by atoms with Gasteiger partial charge in [-0.15, -0.1) is 0 Å². The van der Waals surface area contributed by atoms with Crippen LogP contribution in [0.15, 0.2) is 60.7 Å². The molecule has 0 radical (unpaired) electrons. The summed E-state index contributed by atoms with van der Waals surface area (Å²) in [4.78, 5) is 26.8. The van der Waals surface area contributed by atoms with Gasteiger partial charge < -0.3 is 10.1 Å². The van der Waals surface area contributed by atoms with Crippen LogP contribution in [0.25, 0.3) is 11.3 Å². The van der Waals surface area contributed by atoms with E-state index in [9.17, 15) is 9.59 Å². The number of hydrogen-bond donors (Lipinski definition) is 1. The van der Waals surface area contributed by atoms with Crippen LogP contribution in [0, 0.1) is 0 Å². The summed E-state index contributed by atoms with van der Waals surface area (Å²) in [5, 5.41) is 7.61. The second-order valence-electron chi connectivity index (χ2n) is 8.43. The lowest BCUT2D eigenvalue weighted by Gasteiger charge is -2.27. The zero-order valence-corrected chi connectivity index (χ0v) is 19.2. The number of aryl methyl sites for hydroxylation is 1. The molecule has 172 valence electrons. The van der Waals surface area contributed by atoms with Crippen molar-refractivity contribution in [2.75, 3.05) is 18.1 Å². The average molecular weight is 447 g/mol. The first-order chi connectivity index (χ1) is 16.0. The molecule has 7 nitrogen and oxygen atoms in total. The van der Waals surface area contributed by atoms with Crippen molar-refractivity contribution in [2.45, 2.75) is 45.9 Å². The summed E-state index contributed by atoms with van der Waals surface area (Å²) >= 11 is 0. The van der Waals surface area contributed by atoms with E-state index in [1.54, 1.807) is 17.0 Å². The van der Waals surface area contributed by atoms with Gasteiger partial charge >= 0.3 is 0 Å². The van der Waals surface area contributed by atoms with E-state index in [1.165, 1.54) is 0 Å². The molecule has 2 amide bonds. The van der Waals surface area contributed by atoms with Crippen molar-refractivity contribution < 1.29 is 14.3 Å². The molecule has 2 heterocycles. The van der Waals surface area contributed by atoms with Crippen molar-refractivity contribution in [2.24, 2.45) is 0 Å². The van der Waals surface area contributed by atoms with Crippen LogP contribution >= 0.6 is 0 Å². The fourth-order valence-electron chi connectivity index (χ4n) is 3.81. The number of benzene rings is 2. The second-order valence-corrected chi connectivity index (χ2v) is 8.43. The fraction of sp³-hybridized carbons (Fsp3) is 0.346. The van der Waals surface area contributed by atoms with E-state index in [4.69, 9.17) is 9.84 Å². The van der Waals surface area contributed by atoms with E-state index >= 15 is 0 Å². The predicted molar refractivity (Wildman–Crippen MR) is 128 cm³/mol. The van der Waals surface area contributed by atoms with Gasteiger partial charge in [0.25, 0.3) is 5.91 Å². The molecule has 33 heavy (non-hydrogen) atoms. The number of ether oxygens (including phenoxy) is 1. The Morgan fingerprint density at radius 3 is 2.61 bits per heavy atom. The lowest BCUT2D eigenvalue weighted by molar-refractivity contribution is -0.119. The molecule has 7 heteroatoms. The van der Waals surface area contributed by atoms with Gasteiger partial charge in [0.05, 0.1) is 24.9 Å². The van der Waals surface area contributed by atoms with Crippen molar-refractivity contribution in [3.05, 3.63) is 71.8 Å². The third-order valence-corrected chi connectivity index (χ3v) is 5.56. The number of rotatable bonds is 9. The Hall–Kier alpha value is -3.45. The van der Waals surface area contributed by atoms with Gasteiger partial charge in [-0.05, 0) is 38.0 Å².